The van der Waals surface area contributed by atoms with Gasteiger partial charge in [0.25, 0.3) is 5.91 Å². The van der Waals surface area contributed by atoms with E-state index in [2.05, 4.69) is 16.0 Å². The fourth-order valence-corrected chi connectivity index (χ4v) is 4.68. The van der Waals surface area contributed by atoms with Gasteiger partial charge in [-0.05, 0) is 36.4 Å². The number of hydrogen-bond donors (Lipinski definition) is 0. The summed E-state index contributed by atoms with van der Waals surface area (Å²) in [6.45, 7) is 0.643. The predicted molar refractivity (Wildman–Crippen MR) is 108 cm³/mol. The zero-order valence-electron chi connectivity index (χ0n) is 14.3. The molecule has 3 heterocycles. The van der Waals surface area contributed by atoms with Crippen LogP contribution in [0.4, 0.5) is 0 Å². The molecule has 4 nitrogen and oxygen atoms in total. The average Bonchev–Trinajstić information content (AvgIpc) is 3.33. The second kappa shape index (κ2) is 7.35. The Morgan fingerprint density at radius 2 is 1.88 bits per heavy atom. The van der Waals surface area contributed by atoms with Gasteiger partial charge in [-0.15, -0.1) is 22.7 Å². The Bertz CT molecular complexity index is 1010. The molecule has 1 aromatic carbocycles. The van der Waals surface area contributed by atoms with E-state index in [1.54, 1.807) is 22.4 Å². The van der Waals surface area contributed by atoms with Gasteiger partial charge < -0.3 is 4.90 Å². The Morgan fingerprint density at radius 3 is 2.69 bits per heavy atom. The first kappa shape index (κ1) is 16.9. The molecule has 130 valence electrons. The fourth-order valence-electron chi connectivity index (χ4n) is 2.66. The number of carbonyl (C=O) groups excluding carboxylic acids is 1. The number of thiazole rings is 1. The van der Waals surface area contributed by atoms with Crippen molar-refractivity contribution in [2.75, 3.05) is 13.6 Å². The van der Waals surface area contributed by atoms with Crippen molar-refractivity contribution in [3.05, 3.63) is 71.4 Å². The van der Waals surface area contributed by atoms with E-state index in [0.717, 1.165) is 37.1 Å². The number of pyridine rings is 1. The second-order valence-corrected chi connectivity index (χ2v) is 8.06. The first-order chi connectivity index (χ1) is 12.7. The molecule has 0 aliphatic rings. The molecule has 0 spiro atoms. The van der Waals surface area contributed by atoms with Crippen molar-refractivity contribution in [2.45, 2.75) is 6.42 Å². The van der Waals surface area contributed by atoms with E-state index < -0.39 is 0 Å². The summed E-state index contributed by atoms with van der Waals surface area (Å²) in [5.41, 5.74) is 2.00. The third-order valence-corrected chi connectivity index (χ3v) is 6.38. The molecule has 0 radical (unpaired) electrons. The number of fused-ring (bicyclic) bond motifs is 1. The number of carbonyl (C=O) groups is 1. The first-order valence-corrected chi connectivity index (χ1v) is 9.95. The van der Waals surface area contributed by atoms with Crippen molar-refractivity contribution in [1.82, 2.24) is 14.9 Å². The molecule has 4 aromatic rings. The largest absolute Gasteiger partial charge is 0.341 e. The van der Waals surface area contributed by atoms with Gasteiger partial charge in [-0.2, -0.15) is 0 Å². The van der Waals surface area contributed by atoms with Crippen LogP contribution in [0.3, 0.4) is 0 Å². The molecule has 0 saturated heterocycles. The van der Waals surface area contributed by atoms with Gasteiger partial charge in [-0.25, -0.2) is 4.98 Å². The third-order valence-electron chi connectivity index (χ3n) is 4.10. The minimum absolute atomic E-state index is 0.0401. The van der Waals surface area contributed by atoms with Crippen molar-refractivity contribution in [1.29, 1.82) is 0 Å². The molecular weight excluding hydrogens is 362 g/mol. The maximum atomic E-state index is 12.7. The van der Waals surface area contributed by atoms with E-state index in [-0.39, 0.29) is 5.91 Å². The summed E-state index contributed by atoms with van der Waals surface area (Å²) in [6, 6.07) is 17.8. The lowest BCUT2D eigenvalue weighted by molar-refractivity contribution is 0.0801. The summed E-state index contributed by atoms with van der Waals surface area (Å²) >= 11 is 3.16. The van der Waals surface area contributed by atoms with E-state index in [1.807, 2.05) is 55.6 Å². The molecule has 0 bridgehead atoms. The number of aromatic nitrogens is 2. The van der Waals surface area contributed by atoms with E-state index in [0.29, 0.717) is 6.54 Å². The molecule has 6 heteroatoms. The molecule has 0 aliphatic carbocycles. The lowest BCUT2D eigenvalue weighted by Gasteiger charge is -2.15. The predicted octanol–water partition coefficient (Wildman–Crippen LogP) is 4.73. The zero-order chi connectivity index (χ0) is 17.9. The normalized spacial score (nSPS) is 11.0. The third kappa shape index (κ3) is 3.52. The molecule has 26 heavy (non-hydrogen) atoms. The van der Waals surface area contributed by atoms with Crippen LogP contribution in [0.2, 0.25) is 0 Å². The maximum Gasteiger partial charge on any atom is 0.263 e. The number of rotatable bonds is 5. The monoisotopic (exact) mass is 379 g/mol. The number of benzene rings is 1. The summed E-state index contributed by atoms with van der Waals surface area (Å²) in [5.74, 6) is 0.0401. The second-order valence-electron chi connectivity index (χ2n) is 5.95. The summed E-state index contributed by atoms with van der Waals surface area (Å²) in [5, 5.41) is 0.964. The van der Waals surface area contributed by atoms with Gasteiger partial charge in [0.05, 0.1) is 20.0 Å². The van der Waals surface area contributed by atoms with E-state index >= 15 is 0 Å². The Kier molecular flexibility index (Phi) is 4.77. The molecule has 0 saturated carbocycles. The standard InChI is InChI=1S/C20H17N3OS2/c1-23(13-11-14-6-4-5-12-21-14)20(24)18-10-9-17(25-18)19-22-15-7-2-3-8-16(15)26-19/h2-10,12H,11,13H2,1H3. The smallest absolute Gasteiger partial charge is 0.263 e. The number of hydrogen-bond acceptors (Lipinski definition) is 5. The van der Waals surface area contributed by atoms with E-state index in [9.17, 15) is 4.79 Å². The number of para-hydroxylation sites is 1. The summed E-state index contributed by atoms with van der Waals surface area (Å²) < 4.78 is 1.16. The van der Waals surface area contributed by atoms with Gasteiger partial charge >= 0.3 is 0 Å². The Hall–Kier alpha value is -2.57. The topological polar surface area (TPSA) is 46.1 Å². The molecule has 1 amide bonds. The van der Waals surface area contributed by atoms with Gasteiger partial charge in [-0.1, -0.05) is 18.2 Å². The minimum atomic E-state index is 0.0401. The van der Waals surface area contributed by atoms with Crippen LogP contribution >= 0.6 is 22.7 Å². The van der Waals surface area contributed by atoms with Crippen LogP contribution in [0.25, 0.3) is 20.1 Å². The summed E-state index contributed by atoms with van der Waals surface area (Å²) in [6.07, 6.45) is 2.53. The Balaban J connectivity index is 1.47. The van der Waals surface area contributed by atoms with Gasteiger partial charge in [0.15, 0.2) is 0 Å². The Morgan fingerprint density at radius 1 is 1.04 bits per heavy atom. The average molecular weight is 380 g/mol. The number of nitrogens with zero attached hydrogens (tertiary/aromatic N) is 3. The van der Waals surface area contributed by atoms with Crippen LogP contribution in [-0.2, 0) is 6.42 Å². The first-order valence-electron chi connectivity index (χ1n) is 8.32. The van der Waals surface area contributed by atoms with Crippen LogP contribution < -0.4 is 0 Å². The highest BCUT2D eigenvalue weighted by atomic mass is 32.1. The quantitative estimate of drug-likeness (QED) is 0.503. The van der Waals surface area contributed by atoms with Crippen molar-refractivity contribution in [3.8, 4) is 9.88 Å². The zero-order valence-corrected chi connectivity index (χ0v) is 15.9. The molecule has 0 aliphatic heterocycles. The van der Waals surface area contributed by atoms with Crippen LogP contribution in [0.1, 0.15) is 15.4 Å². The van der Waals surface area contributed by atoms with Crippen LogP contribution in [0, 0.1) is 0 Å². The molecular formula is C20H17N3OS2. The highest BCUT2D eigenvalue weighted by Gasteiger charge is 2.16. The molecule has 3 aromatic heterocycles. The molecule has 0 N–H and O–H groups in total. The minimum Gasteiger partial charge on any atom is -0.341 e. The van der Waals surface area contributed by atoms with Crippen LogP contribution in [0.15, 0.2) is 60.8 Å². The fraction of sp³-hybridized carbons (Fsp3) is 0.150. The van der Waals surface area contributed by atoms with Gasteiger partial charge in [0.1, 0.15) is 5.01 Å². The summed E-state index contributed by atoms with van der Waals surface area (Å²) in [7, 11) is 1.84. The van der Waals surface area contributed by atoms with Gasteiger partial charge in [0, 0.05) is 31.9 Å². The Labute approximate surface area is 159 Å². The van der Waals surface area contributed by atoms with E-state index in [1.165, 1.54) is 11.3 Å². The van der Waals surface area contributed by atoms with Crippen molar-refractivity contribution >= 4 is 38.8 Å². The molecule has 0 unspecified atom stereocenters. The molecule has 0 fully saturated rings. The summed E-state index contributed by atoms with van der Waals surface area (Å²) in [4.78, 5) is 25.2. The van der Waals surface area contributed by atoms with Gasteiger partial charge in [-0.3, -0.25) is 9.78 Å². The van der Waals surface area contributed by atoms with Crippen molar-refractivity contribution in [3.63, 3.8) is 0 Å². The highest BCUT2D eigenvalue weighted by Crippen LogP contribution is 2.34. The molecule has 0 atom stereocenters. The van der Waals surface area contributed by atoms with E-state index in [4.69, 9.17) is 0 Å². The SMILES string of the molecule is CN(CCc1ccccn1)C(=O)c1ccc(-c2nc3ccccc3s2)s1. The number of likely N-dealkylation sites (N-methyl/N-ethyl adjacent to an activating group) is 1. The highest BCUT2D eigenvalue weighted by molar-refractivity contribution is 7.26. The number of amides is 1. The maximum absolute atomic E-state index is 12.7. The van der Waals surface area contributed by atoms with Gasteiger partial charge in [0.2, 0.25) is 0 Å². The van der Waals surface area contributed by atoms with Crippen molar-refractivity contribution < 1.29 is 4.79 Å². The lowest BCUT2D eigenvalue weighted by atomic mass is 10.2. The van der Waals surface area contributed by atoms with Crippen LogP contribution in [-0.4, -0.2) is 34.4 Å². The van der Waals surface area contributed by atoms with Crippen molar-refractivity contribution in [2.24, 2.45) is 0 Å². The van der Waals surface area contributed by atoms with Crippen LogP contribution in [0.5, 0.6) is 0 Å². The number of thiophene rings is 1. The lowest BCUT2D eigenvalue weighted by Crippen LogP contribution is -2.28. The molecule has 4 rings (SSSR count).